The smallest absolute Gasteiger partial charge is 0.212 e. The number of hydrogen-bond acceptors (Lipinski definition) is 6. The number of aromatic hydroxyl groups is 1. The number of nitrogen functional groups attached to an aromatic ring is 1. The van der Waals surface area contributed by atoms with Gasteiger partial charge < -0.3 is 15.7 Å². The number of phenols is 1. The fourth-order valence-corrected chi connectivity index (χ4v) is 5.42. The molecule has 0 saturated carbocycles. The summed E-state index contributed by atoms with van der Waals surface area (Å²) in [5.41, 5.74) is 15.6. The Bertz CT molecular complexity index is 2210. The number of phenolic OH excluding ortho intramolecular Hbond substituents is 1. The summed E-state index contributed by atoms with van der Waals surface area (Å²) < 4.78 is 0. The molecule has 1 aliphatic heterocycles. The highest BCUT2D eigenvalue weighted by atomic mass is 16.7. The molecular weight excluding hydrogens is 617 g/mol. The van der Waals surface area contributed by atoms with Crippen molar-refractivity contribution >= 4 is 28.5 Å². The van der Waals surface area contributed by atoms with Gasteiger partial charge in [-0.25, -0.2) is 9.97 Å². The molecule has 0 bridgehead atoms. The van der Waals surface area contributed by atoms with Crippen LogP contribution in [0.15, 0.2) is 189 Å². The second-order valence-corrected chi connectivity index (χ2v) is 11.3. The summed E-state index contributed by atoms with van der Waals surface area (Å²) in [7, 11) is 0. The average Bonchev–Trinajstić information content (AvgIpc) is 3.17. The Hall–Kier alpha value is -6.92. The summed E-state index contributed by atoms with van der Waals surface area (Å²) in [6, 6.07) is 44.7. The number of benzene rings is 5. The molecule has 6 nitrogen and oxygen atoms in total. The number of nitrogens with zero attached hydrogens (tertiary/aromatic N) is 3. The predicted octanol–water partition coefficient (Wildman–Crippen LogP) is 10.6. The predicted molar refractivity (Wildman–Crippen MR) is 206 cm³/mol. The molecule has 0 saturated heterocycles. The Balaban J connectivity index is 0.000000240. The molecule has 1 aliphatic rings. The molecule has 0 aliphatic carbocycles. The minimum Gasteiger partial charge on any atom is -0.507 e. The standard InChI is InChI=1S/C30H24N4O.C14H12O/c1-21-13-11-12-20-35-34(26-19-10-9-18-25(26)22(21)2)30-29(31)32-27(23-14-5-3-6-15-23)28(33-30)24-16-7-4-8-17-24;1-11(12-7-3-2-4-8-12)13-9-5-6-10-14(13)15/h3-20H,1-2H2,(H2,31,32);2-10,15H,1H2/b13-11-,20-12-;. The van der Waals surface area contributed by atoms with Crippen LogP contribution >= 0.6 is 0 Å². The number of aromatic nitrogens is 2. The first kappa shape index (κ1) is 33.0. The van der Waals surface area contributed by atoms with Gasteiger partial charge in [-0.15, -0.1) is 0 Å². The summed E-state index contributed by atoms with van der Waals surface area (Å²) in [5.74, 6) is 0.888. The molecule has 0 atom stereocenters. The maximum Gasteiger partial charge on any atom is 0.212 e. The van der Waals surface area contributed by atoms with E-state index in [4.69, 9.17) is 20.5 Å². The van der Waals surface area contributed by atoms with Crippen molar-refractivity contribution in [1.29, 1.82) is 0 Å². The van der Waals surface area contributed by atoms with Gasteiger partial charge in [0.2, 0.25) is 5.82 Å². The van der Waals surface area contributed by atoms with Crippen molar-refractivity contribution in [3.8, 4) is 28.3 Å². The third kappa shape index (κ3) is 7.30. The zero-order chi connectivity index (χ0) is 34.9. The van der Waals surface area contributed by atoms with E-state index in [1.54, 1.807) is 29.5 Å². The molecule has 244 valence electrons. The number of hydrogen-bond donors (Lipinski definition) is 2. The molecule has 0 fully saturated rings. The summed E-state index contributed by atoms with van der Waals surface area (Å²) >= 11 is 0. The van der Waals surface area contributed by atoms with Crippen molar-refractivity contribution in [2.75, 3.05) is 10.8 Å². The van der Waals surface area contributed by atoms with E-state index in [0.29, 0.717) is 17.2 Å². The third-order valence-corrected chi connectivity index (χ3v) is 8.03. The highest BCUT2D eigenvalue weighted by Gasteiger charge is 2.24. The lowest BCUT2D eigenvalue weighted by molar-refractivity contribution is 0.251. The molecule has 6 aromatic rings. The van der Waals surface area contributed by atoms with E-state index in [2.05, 4.69) is 19.7 Å². The van der Waals surface area contributed by atoms with Gasteiger partial charge >= 0.3 is 0 Å². The van der Waals surface area contributed by atoms with E-state index >= 15 is 0 Å². The third-order valence-electron chi connectivity index (χ3n) is 8.03. The Morgan fingerprint density at radius 3 is 1.88 bits per heavy atom. The monoisotopic (exact) mass is 652 g/mol. The number of nitrogens with two attached hydrogens (primary N) is 1. The van der Waals surface area contributed by atoms with Gasteiger partial charge in [0.1, 0.15) is 12.0 Å². The van der Waals surface area contributed by atoms with E-state index in [0.717, 1.165) is 50.2 Å². The molecule has 1 aromatic heterocycles. The van der Waals surface area contributed by atoms with Crippen LogP contribution in [0.25, 0.3) is 33.7 Å². The van der Waals surface area contributed by atoms with E-state index in [1.165, 1.54) is 0 Å². The van der Waals surface area contributed by atoms with Crippen molar-refractivity contribution in [2.24, 2.45) is 0 Å². The van der Waals surface area contributed by atoms with Crippen LogP contribution in [0.2, 0.25) is 0 Å². The minimum absolute atomic E-state index is 0.240. The van der Waals surface area contributed by atoms with Crippen molar-refractivity contribution in [3.63, 3.8) is 0 Å². The van der Waals surface area contributed by atoms with Crippen LogP contribution in [0.3, 0.4) is 0 Å². The van der Waals surface area contributed by atoms with Gasteiger partial charge in [0.05, 0.1) is 17.1 Å². The van der Waals surface area contributed by atoms with Crippen molar-refractivity contribution < 1.29 is 9.94 Å². The quantitative estimate of drug-likeness (QED) is 0.193. The molecule has 6 heteroatoms. The van der Waals surface area contributed by atoms with Crippen LogP contribution in [0.1, 0.15) is 16.7 Å². The minimum atomic E-state index is 0.240. The van der Waals surface area contributed by atoms with Crippen LogP contribution in [-0.4, -0.2) is 15.1 Å². The first-order valence-electron chi connectivity index (χ1n) is 16.0. The van der Waals surface area contributed by atoms with E-state index in [9.17, 15) is 5.11 Å². The van der Waals surface area contributed by atoms with Gasteiger partial charge in [0.15, 0.2) is 5.82 Å². The number of fused-ring (bicyclic) bond motifs is 1. The molecule has 7 rings (SSSR count). The molecule has 0 spiro atoms. The van der Waals surface area contributed by atoms with Crippen LogP contribution in [0.5, 0.6) is 5.75 Å². The molecule has 3 N–H and O–H groups in total. The van der Waals surface area contributed by atoms with Gasteiger partial charge in [-0.1, -0.05) is 159 Å². The topological polar surface area (TPSA) is 84.5 Å². The first-order chi connectivity index (χ1) is 24.4. The van der Waals surface area contributed by atoms with Gasteiger partial charge in [-0.2, -0.15) is 5.06 Å². The van der Waals surface area contributed by atoms with Crippen LogP contribution < -0.4 is 10.8 Å². The zero-order valence-corrected chi connectivity index (χ0v) is 27.5. The lowest BCUT2D eigenvalue weighted by Gasteiger charge is -2.26. The van der Waals surface area contributed by atoms with E-state index < -0.39 is 0 Å². The number of allylic oxidation sites excluding steroid dienone is 5. The Morgan fingerprint density at radius 1 is 0.660 bits per heavy atom. The number of anilines is 3. The molecule has 0 radical (unpaired) electrons. The highest BCUT2D eigenvalue weighted by molar-refractivity contribution is 5.89. The second kappa shape index (κ2) is 15.3. The molecular formula is C44H36N4O2. The van der Waals surface area contributed by atoms with Crippen molar-refractivity contribution in [2.45, 2.75) is 0 Å². The van der Waals surface area contributed by atoms with Gasteiger partial charge in [0, 0.05) is 22.3 Å². The second-order valence-electron chi connectivity index (χ2n) is 11.3. The van der Waals surface area contributed by atoms with Crippen molar-refractivity contribution in [3.05, 3.63) is 206 Å². The van der Waals surface area contributed by atoms with Crippen LogP contribution in [-0.2, 0) is 4.84 Å². The lowest BCUT2D eigenvalue weighted by Crippen LogP contribution is -2.20. The van der Waals surface area contributed by atoms with Crippen LogP contribution in [0.4, 0.5) is 17.3 Å². The van der Waals surface area contributed by atoms with E-state index in [-0.39, 0.29) is 11.6 Å². The highest BCUT2D eigenvalue weighted by Crippen LogP contribution is 2.39. The van der Waals surface area contributed by atoms with Gasteiger partial charge in [-0.3, -0.25) is 0 Å². The van der Waals surface area contributed by atoms with Gasteiger partial charge in [-0.05, 0) is 40.5 Å². The maximum absolute atomic E-state index is 9.68. The van der Waals surface area contributed by atoms with Crippen molar-refractivity contribution in [1.82, 2.24) is 9.97 Å². The summed E-state index contributed by atoms with van der Waals surface area (Å²) in [6.07, 6.45) is 7.09. The maximum atomic E-state index is 9.68. The normalized spacial score (nSPS) is 13.6. The Labute approximate surface area is 292 Å². The molecule has 0 amide bonds. The molecule has 2 heterocycles. The number of para-hydroxylation sites is 2. The number of rotatable bonds is 5. The fraction of sp³-hybridized carbons (Fsp3) is 0. The molecule has 5 aromatic carbocycles. The summed E-state index contributed by atoms with van der Waals surface area (Å²) in [5, 5.41) is 11.3. The average molecular weight is 653 g/mol. The first-order valence-corrected chi connectivity index (χ1v) is 16.0. The van der Waals surface area contributed by atoms with E-state index in [1.807, 2.05) is 140 Å². The summed E-state index contributed by atoms with van der Waals surface area (Å²) in [4.78, 5) is 15.9. The fourth-order valence-electron chi connectivity index (χ4n) is 5.42. The molecule has 0 unspecified atom stereocenters. The molecule has 50 heavy (non-hydrogen) atoms. The Kier molecular flexibility index (Phi) is 10.1. The van der Waals surface area contributed by atoms with Gasteiger partial charge in [0.25, 0.3) is 0 Å². The Morgan fingerprint density at radius 2 is 1.22 bits per heavy atom. The SMILES string of the molecule is C=C(c1ccccc1)c1ccccc1O.C=C1/C=C\C=C/ON(c2nc(-c3ccccc3)c(-c3ccccc3)nc2N)c2ccccc2C1=C. The lowest BCUT2D eigenvalue weighted by atomic mass is 9.98. The summed E-state index contributed by atoms with van der Waals surface area (Å²) in [6.45, 7) is 12.4. The zero-order valence-electron chi connectivity index (χ0n) is 27.5. The largest absolute Gasteiger partial charge is 0.507 e. The van der Waals surface area contributed by atoms with Crippen LogP contribution in [0, 0.1) is 0 Å².